The molecule has 29 heavy (non-hydrogen) atoms. The quantitative estimate of drug-likeness (QED) is 0.654. The van der Waals surface area contributed by atoms with E-state index in [1.165, 1.54) is 4.68 Å². The lowest BCUT2D eigenvalue weighted by Gasteiger charge is -2.25. The Morgan fingerprint density at radius 1 is 1.34 bits per heavy atom. The summed E-state index contributed by atoms with van der Waals surface area (Å²) in [5.41, 5.74) is 2.27. The first-order valence-corrected chi connectivity index (χ1v) is 9.87. The van der Waals surface area contributed by atoms with Crippen LogP contribution in [0, 0.1) is 5.92 Å². The van der Waals surface area contributed by atoms with E-state index in [0.717, 1.165) is 23.3 Å². The van der Waals surface area contributed by atoms with Crippen molar-refractivity contribution in [3.8, 4) is 0 Å². The molecule has 0 saturated carbocycles. The molecule has 3 heterocycles. The minimum Gasteiger partial charge on any atom is -0.350 e. The highest BCUT2D eigenvalue weighted by atomic mass is 16.2. The average Bonchev–Trinajstić information content (AvgIpc) is 3.23. The van der Waals surface area contributed by atoms with E-state index < -0.39 is 5.91 Å². The van der Waals surface area contributed by atoms with Gasteiger partial charge in [-0.3, -0.25) is 9.59 Å². The number of para-hydroxylation sites is 2. The van der Waals surface area contributed by atoms with Gasteiger partial charge in [0.15, 0.2) is 11.4 Å². The minimum atomic E-state index is -0.400. The van der Waals surface area contributed by atoms with E-state index in [0.29, 0.717) is 25.4 Å². The maximum absolute atomic E-state index is 12.6. The Kier molecular flexibility index (Phi) is 5.04. The molecule has 0 bridgehead atoms. The van der Waals surface area contributed by atoms with E-state index in [2.05, 4.69) is 39.8 Å². The molecule has 9 nitrogen and oxygen atoms in total. The Morgan fingerprint density at radius 3 is 2.90 bits per heavy atom. The standard InChI is InChI=1S/C20H25N7O2/c1-12(2)10-13-11-27-18(20(29)22-13)17(24-25-27)19(28)21-9-8-16-23-14-6-4-5-7-15(14)26(16)3/h4-7,12-13H,8-11H2,1-3H3,(H,21,28)(H,22,29)/t13-/m0/s1. The molecule has 0 saturated heterocycles. The average molecular weight is 395 g/mol. The Labute approximate surface area is 168 Å². The molecule has 1 aromatic carbocycles. The number of benzene rings is 1. The first-order valence-electron chi connectivity index (χ1n) is 9.87. The topological polar surface area (TPSA) is 107 Å². The van der Waals surface area contributed by atoms with Gasteiger partial charge in [0.05, 0.1) is 17.6 Å². The normalized spacial score (nSPS) is 16.1. The zero-order valence-electron chi connectivity index (χ0n) is 16.8. The summed E-state index contributed by atoms with van der Waals surface area (Å²) in [5, 5.41) is 13.8. The third-order valence-corrected chi connectivity index (χ3v) is 5.16. The van der Waals surface area contributed by atoms with Crippen LogP contribution in [0.5, 0.6) is 0 Å². The third-order valence-electron chi connectivity index (χ3n) is 5.16. The molecule has 3 aromatic rings. The lowest BCUT2D eigenvalue weighted by Crippen LogP contribution is -2.46. The molecule has 0 spiro atoms. The van der Waals surface area contributed by atoms with E-state index in [4.69, 9.17) is 0 Å². The molecular formula is C20H25N7O2. The van der Waals surface area contributed by atoms with Gasteiger partial charge < -0.3 is 15.2 Å². The second kappa shape index (κ2) is 7.65. The van der Waals surface area contributed by atoms with E-state index in [-0.39, 0.29) is 23.3 Å². The number of carbonyl (C=O) groups is 2. The van der Waals surface area contributed by atoms with Crippen LogP contribution in [0.4, 0.5) is 0 Å². The SMILES string of the molecule is CC(C)C[C@H]1Cn2nnc(C(=O)NCCc3nc4ccccc4n3C)c2C(=O)N1. The van der Waals surface area contributed by atoms with Gasteiger partial charge in [-0.05, 0) is 24.5 Å². The smallest absolute Gasteiger partial charge is 0.274 e. The van der Waals surface area contributed by atoms with Crippen LogP contribution in [0.3, 0.4) is 0 Å². The van der Waals surface area contributed by atoms with Crippen molar-refractivity contribution in [3.63, 3.8) is 0 Å². The van der Waals surface area contributed by atoms with Gasteiger partial charge in [0, 0.05) is 26.1 Å². The zero-order chi connectivity index (χ0) is 20.5. The predicted molar refractivity (Wildman–Crippen MR) is 107 cm³/mol. The highest BCUT2D eigenvalue weighted by molar-refractivity contribution is 6.05. The molecule has 152 valence electrons. The number of nitrogens with one attached hydrogen (secondary N) is 2. The summed E-state index contributed by atoms with van der Waals surface area (Å²) in [6.07, 6.45) is 1.42. The van der Waals surface area contributed by atoms with Crippen molar-refractivity contribution in [2.24, 2.45) is 13.0 Å². The Morgan fingerprint density at radius 2 is 2.14 bits per heavy atom. The summed E-state index contributed by atoms with van der Waals surface area (Å²) in [6, 6.07) is 7.91. The van der Waals surface area contributed by atoms with Gasteiger partial charge in [0.1, 0.15) is 5.82 Å². The monoisotopic (exact) mass is 395 g/mol. The van der Waals surface area contributed by atoms with Crippen molar-refractivity contribution in [3.05, 3.63) is 41.5 Å². The molecule has 0 fully saturated rings. The first kappa shape index (κ1) is 19.1. The van der Waals surface area contributed by atoms with Crippen molar-refractivity contribution in [1.29, 1.82) is 0 Å². The summed E-state index contributed by atoms with van der Waals surface area (Å²) in [7, 11) is 1.96. The maximum Gasteiger partial charge on any atom is 0.274 e. The van der Waals surface area contributed by atoms with Crippen LogP contribution in [0.2, 0.25) is 0 Å². The van der Waals surface area contributed by atoms with Gasteiger partial charge in [-0.2, -0.15) is 0 Å². The molecule has 1 aliphatic heterocycles. The Balaban J connectivity index is 1.41. The zero-order valence-corrected chi connectivity index (χ0v) is 16.8. The molecule has 1 aliphatic rings. The Bertz CT molecular complexity index is 1070. The second-order valence-electron chi connectivity index (χ2n) is 7.85. The third kappa shape index (κ3) is 3.72. The van der Waals surface area contributed by atoms with Crippen LogP contribution >= 0.6 is 0 Å². The molecule has 0 unspecified atom stereocenters. The summed E-state index contributed by atoms with van der Waals surface area (Å²) in [5.74, 6) is 0.636. The number of imidazole rings is 1. The second-order valence-corrected chi connectivity index (χ2v) is 7.85. The fourth-order valence-electron chi connectivity index (χ4n) is 3.82. The van der Waals surface area contributed by atoms with Crippen molar-refractivity contribution < 1.29 is 9.59 Å². The highest BCUT2D eigenvalue weighted by Crippen LogP contribution is 2.17. The number of amides is 2. The number of aromatic nitrogens is 5. The van der Waals surface area contributed by atoms with E-state index in [1.807, 2.05) is 35.9 Å². The number of fused-ring (bicyclic) bond motifs is 2. The van der Waals surface area contributed by atoms with Crippen LogP contribution in [0.15, 0.2) is 24.3 Å². The van der Waals surface area contributed by atoms with Crippen molar-refractivity contribution >= 4 is 22.8 Å². The molecular weight excluding hydrogens is 370 g/mol. The van der Waals surface area contributed by atoms with Crippen LogP contribution in [-0.4, -0.2) is 48.9 Å². The number of rotatable bonds is 6. The fourth-order valence-corrected chi connectivity index (χ4v) is 3.82. The Hall–Kier alpha value is -3.23. The van der Waals surface area contributed by atoms with E-state index >= 15 is 0 Å². The molecule has 1 atom stereocenters. The molecule has 4 rings (SSSR count). The number of carbonyl (C=O) groups excluding carboxylic acids is 2. The van der Waals surface area contributed by atoms with Gasteiger partial charge in [-0.1, -0.05) is 31.2 Å². The van der Waals surface area contributed by atoms with Gasteiger partial charge in [0.2, 0.25) is 0 Å². The number of nitrogens with zero attached hydrogens (tertiary/aromatic N) is 5. The summed E-state index contributed by atoms with van der Waals surface area (Å²) < 4.78 is 3.55. The van der Waals surface area contributed by atoms with Gasteiger partial charge in [-0.25, -0.2) is 9.67 Å². The van der Waals surface area contributed by atoms with Crippen LogP contribution in [-0.2, 0) is 20.0 Å². The predicted octanol–water partition coefficient (Wildman–Crippen LogP) is 1.30. The van der Waals surface area contributed by atoms with Crippen LogP contribution in [0.25, 0.3) is 11.0 Å². The molecule has 0 aliphatic carbocycles. The summed E-state index contributed by atoms with van der Waals surface area (Å²) >= 11 is 0. The molecule has 9 heteroatoms. The summed E-state index contributed by atoms with van der Waals surface area (Å²) in [6.45, 7) is 5.12. The number of aryl methyl sites for hydroxylation is 1. The van der Waals surface area contributed by atoms with Gasteiger partial charge >= 0.3 is 0 Å². The van der Waals surface area contributed by atoms with Gasteiger partial charge in [-0.15, -0.1) is 5.10 Å². The van der Waals surface area contributed by atoms with E-state index in [1.54, 1.807) is 0 Å². The first-order chi connectivity index (χ1) is 13.9. The molecule has 2 aromatic heterocycles. The van der Waals surface area contributed by atoms with Crippen LogP contribution < -0.4 is 10.6 Å². The molecule has 0 radical (unpaired) electrons. The van der Waals surface area contributed by atoms with Crippen molar-refractivity contribution in [2.45, 2.75) is 39.3 Å². The maximum atomic E-state index is 12.6. The van der Waals surface area contributed by atoms with Crippen molar-refractivity contribution in [1.82, 2.24) is 35.2 Å². The van der Waals surface area contributed by atoms with Gasteiger partial charge in [0.25, 0.3) is 11.8 Å². The van der Waals surface area contributed by atoms with Crippen molar-refractivity contribution in [2.75, 3.05) is 6.54 Å². The summed E-state index contributed by atoms with van der Waals surface area (Å²) in [4.78, 5) is 29.7. The lowest BCUT2D eigenvalue weighted by atomic mass is 10.0. The lowest BCUT2D eigenvalue weighted by molar-refractivity contribution is 0.0870. The number of hydrogen-bond donors (Lipinski definition) is 2. The van der Waals surface area contributed by atoms with Crippen LogP contribution in [0.1, 0.15) is 47.1 Å². The fraction of sp³-hybridized carbons (Fsp3) is 0.450. The molecule has 2 N–H and O–H groups in total. The highest BCUT2D eigenvalue weighted by Gasteiger charge is 2.32. The largest absolute Gasteiger partial charge is 0.350 e. The van der Waals surface area contributed by atoms with E-state index in [9.17, 15) is 9.59 Å². The molecule has 2 amide bonds. The minimum absolute atomic E-state index is 0.00478. The number of hydrogen-bond acceptors (Lipinski definition) is 5.